The van der Waals surface area contributed by atoms with E-state index in [4.69, 9.17) is 4.74 Å². The van der Waals surface area contributed by atoms with Crippen molar-refractivity contribution in [1.82, 2.24) is 15.5 Å². The zero-order chi connectivity index (χ0) is 24.3. The van der Waals surface area contributed by atoms with Crippen LogP contribution in [0, 0.1) is 5.82 Å². The number of benzene rings is 2. The Balaban J connectivity index is 1.40. The molecule has 2 unspecified atom stereocenters. The second-order valence-electron chi connectivity index (χ2n) is 8.63. The minimum absolute atomic E-state index is 0.0204. The number of aliphatic imine (C=N–C) groups is 2. The van der Waals surface area contributed by atoms with Gasteiger partial charge in [-0.05, 0) is 35.4 Å². The highest BCUT2D eigenvalue weighted by molar-refractivity contribution is 6.03. The summed E-state index contributed by atoms with van der Waals surface area (Å²) in [4.78, 5) is 23.3. The number of ether oxygens (including phenoxy) is 1. The fourth-order valence-electron chi connectivity index (χ4n) is 4.94. The molecule has 0 bridgehead atoms. The summed E-state index contributed by atoms with van der Waals surface area (Å²) in [6.45, 7) is 0.583. The third kappa shape index (κ3) is 3.53. The maximum atomic E-state index is 14.6. The first-order valence-electron chi connectivity index (χ1n) is 11.1. The molecule has 0 saturated carbocycles. The quantitative estimate of drug-likeness (QED) is 0.642. The van der Waals surface area contributed by atoms with Crippen LogP contribution in [-0.2, 0) is 30.5 Å². The molecule has 7 nitrogen and oxygen atoms in total. The maximum Gasteiger partial charge on any atom is 0.416 e. The Hall–Kier alpha value is -3.89. The molecule has 0 saturated heterocycles. The number of nitrogens with one attached hydrogen (secondary N) is 2. The first-order chi connectivity index (χ1) is 16.8. The van der Waals surface area contributed by atoms with E-state index in [1.54, 1.807) is 17.2 Å². The topological polar surface area (TPSA) is 78.3 Å². The molecule has 2 N–H and O–H groups in total. The lowest BCUT2D eigenvalue weighted by Crippen LogP contribution is -2.54. The molecule has 4 aliphatic heterocycles. The van der Waals surface area contributed by atoms with Crippen LogP contribution in [0.5, 0.6) is 5.75 Å². The summed E-state index contributed by atoms with van der Waals surface area (Å²) in [5.74, 6) is 0.229. The highest BCUT2D eigenvalue weighted by atomic mass is 19.4. The third-order valence-electron chi connectivity index (χ3n) is 6.67. The van der Waals surface area contributed by atoms with Gasteiger partial charge in [0, 0.05) is 35.9 Å². The van der Waals surface area contributed by atoms with Crippen LogP contribution in [0.3, 0.4) is 0 Å². The van der Waals surface area contributed by atoms with Gasteiger partial charge in [-0.3, -0.25) is 14.7 Å². The summed E-state index contributed by atoms with van der Waals surface area (Å²) >= 11 is 0. The molecule has 4 heterocycles. The van der Waals surface area contributed by atoms with Crippen LogP contribution in [0.25, 0.3) is 5.57 Å². The number of nitrogens with zero attached hydrogens (tertiary/aromatic N) is 3. The lowest BCUT2D eigenvalue weighted by Gasteiger charge is -2.36. The molecule has 0 aliphatic carbocycles. The van der Waals surface area contributed by atoms with Crippen molar-refractivity contribution in [3.8, 4) is 5.75 Å². The number of hydrogen-bond acceptors (Lipinski definition) is 4. The number of guanidine groups is 1. The first-order valence-corrected chi connectivity index (χ1v) is 11.1. The van der Waals surface area contributed by atoms with Crippen LogP contribution in [0.2, 0.25) is 0 Å². The fraction of sp³-hybridized carbons (Fsp3) is 0.292. The molecule has 180 valence electrons. The van der Waals surface area contributed by atoms with E-state index in [1.807, 2.05) is 0 Å². The average Bonchev–Trinajstić information content (AvgIpc) is 3.48. The summed E-state index contributed by atoms with van der Waals surface area (Å²) in [6, 6.07) is 4.87. The number of fused-ring (bicyclic) bond motifs is 3. The van der Waals surface area contributed by atoms with Gasteiger partial charge >= 0.3 is 6.18 Å². The molecule has 2 atom stereocenters. The zero-order valence-electron chi connectivity index (χ0n) is 18.2. The third-order valence-corrected chi connectivity index (χ3v) is 6.67. The molecule has 1 amide bonds. The fourth-order valence-corrected chi connectivity index (χ4v) is 4.94. The standard InChI is InChI=1S/C24H19F4N5O2/c25-18-3-4-19-14(5-6-35-19)16(18)9-30-23-31-10-17-15-7-13(24(26,27)28)2-1-12(15)8-29-22(34)20-21(17)33(23)11-32-20/h1-4,7,10-11,20-21H,5-6,8-9H2,(H,29,34)(H,30,31). The van der Waals surface area contributed by atoms with Gasteiger partial charge in [0.15, 0.2) is 6.04 Å². The number of hydrogen-bond donors (Lipinski definition) is 2. The van der Waals surface area contributed by atoms with Gasteiger partial charge < -0.3 is 15.4 Å². The van der Waals surface area contributed by atoms with Crippen LogP contribution < -0.4 is 15.4 Å². The van der Waals surface area contributed by atoms with Crippen molar-refractivity contribution in [3.05, 3.63) is 70.2 Å². The van der Waals surface area contributed by atoms with E-state index in [-0.39, 0.29) is 19.0 Å². The van der Waals surface area contributed by atoms with E-state index in [0.29, 0.717) is 47.0 Å². The maximum absolute atomic E-state index is 14.6. The Kier molecular flexibility index (Phi) is 4.83. The van der Waals surface area contributed by atoms with Gasteiger partial charge in [0.1, 0.15) is 11.6 Å². The molecular formula is C24H19F4N5O2. The molecular weight excluding hydrogens is 466 g/mol. The van der Waals surface area contributed by atoms with Gasteiger partial charge in [-0.15, -0.1) is 0 Å². The summed E-state index contributed by atoms with van der Waals surface area (Å²) in [7, 11) is 0. The van der Waals surface area contributed by atoms with Crippen molar-refractivity contribution in [3.63, 3.8) is 0 Å². The molecule has 0 spiro atoms. The SMILES string of the molecule is O=C1NCc2ccc(C(F)(F)F)cc2C2=CNC(=NCc3c(F)ccc4c3CCO4)N3C=NC1C23. The van der Waals surface area contributed by atoms with Crippen molar-refractivity contribution in [2.24, 2.45) is 9.98 Å². The van der Waals surface area contributed by atoms with Crippen molar-refractivity contribution in [2.45, 2.75) is 37.8 Å². The van der Waals surface area contributed by atoms with Crippen LogP contribution in [-0.4, -0.2) is 41.8 Å². The zero-order valence-corrected chi connectivity index (χ0v) is 18.2. The number of carbonyl (C=O) groups excluding carboxylic acids is 1. The molecule has 2 aromatic rings. The number of carbonyl (C=O) groups is 1. The predicted octanol–water partition coefficient (Wildman–Crippen LogP) is 2.99. The lowest BCUT2D eigenvalue weighted by atomic mass is 9.87. The number of halogens is 4. The number of amides is 1. The van der Waals surface area contributed by atoms with Crippen molar-refractivity contribution in [1.29, 1.82) is 0 Å². The summed E-state index contributed by atoms with van der Waals surface area (Å²) < 4.78 is 60.4. The Morgan fingerprint density at radius 1 is 1.23 bits per heavy atom. The Labute approximate surface area is 197 Å². The second-order valence-corrected chi connectivity index (χ2v) is 8.63. The minimum atomic E-state index is -4.51. The van der Waals surface area contributed by atoms with Gasteiger partial charge in [0.25, 0.3) is 0 Å². The van der Waals surface area contributed by atoms with E-state index >= 15 is 0 Å². The van der Waals surface area contributed by atoms with Crippen LogP contribution >= 0.6 is 0 Å². The monoisotopic (exact) mass is 485 g/mol. The molecule has 35 heavy (non-hydrogen) atoms. The van der Waals surface area contributed by atoms with E-state index in [1.165, 1.54) is 18.5 Å². The summed E-state index contributed by atoms with van der Waals surface area (Å²) in [6.07, 6.45) is -0.917. The van der Waals surface area contributed by atoms with Gasteiger partial charge in [0.05, 0.1) is 31.1 Å². The molecule has 0 aromatic heterocycles. The molecule has 6 rings (SSSR count). The Bertz CT molecular complexity index is 1330. The number of rotatable bonds is 2. The first kappa shape index (κ1) is 21.6. The molecule has 4 aliphatic rings. The molecule has 0 fully saturated rings. The van der Waals surface area contributed by atoms with Crippen LogP contribution in [0.4, 0.5) is 17.6 Å². The largest absolute Gasteiger partial charge is 0.493 e. The number of alkyl halides is 3. The van der Waals surface area contributed by atoms with E-state index in [0.717, 1.165) is 17.7 Å². The smallest absolute Gasteiger partial charge is 0.416 e. The molecule has 11 heteroatoms. The van der Waals surface area contributed by atoms with Gasteiger partial charge in [-0.2, -0.15) is 13.2 Å². The van der Waals surface area contributed by atoms with Gasteiger partial charge in [-0.1, -0.05) is 6.07 Å². The van der Waals surface area contributed by atoms with Crippen LogP contribution in [0.15, 0.2) is 46.5 Å². The van der Waals surface area contributed by atoms with Crippen molar-refractivity contribution < 1.29 is 27.1 Å². The highest BCUT2D eigenvalue weighted by Gasteiger charge is 2.45. The Morgan fingerprint density at radius 3 is 2.91 bits per heavy atom. The van der Waals surface area contributed by atoms with Gasteiger partial charge in [-0.25, -0.2) is 9.38 Å². The normalized spacial score (nSPS) is 23.4. The van der Waals surface area contributed by atoms with Crippen LogP contribution in [0.1, 0.15) is 27.8 Å². The van der Waals surface area contributed by atoms with E-state index in [9.17, 15) is 22.4 Å². The minimum Gasteiger partial charge on any atom is -0.493 e. The van der Waals surface area contributed by atoms with Crippen molar-refractivity contribution in [2.75, 3.05) is 6.61 Å². The summed E-state index contributed by atoms with van der Waals surface area (Å²) in [5.41, 5.74) is 1.86. The summed E-state index contributed by atoms with van der Waals surface area (Å²) in [5, 5.41) is 5.78. The lowest BCUT2D eigenvalue weighted by molar-refractivity contribution is -0.137. The van der Waals surface area contributed by atoms with Gasteiger partial charge in [0.2, 0.25) is 11.9 Å². The highest BCUT2D eigenvalue weighted by Crippen LogP contribution is 2.38. The second kappa shape index (κ2) is 7.82. The van der Waals surface area contributed by atoms with E-state index < -0.39 is 29.6 Å². The molecule has 0 radical (unpaired) electrons. The molecule has 2 aromatic carbocycles. The Morgan fingerprint density at radius 2 is 2.09 bits per heavy atom. The predicted molar refractivity (Wildman–Crippen MR) is 119 cm³/mol. The average molecular weight is 485 g/mol. The van der Waals surface area contributed by atoms with E-state index in [2.05, 4.69) is 20.6 Å². The van der Waals surface area contributed by atoms with Crippen molar-refractivity contribution >= 4 is 23.8 Å².